The molecule has 0 spiro atoms. The molecular formula is C48H36N6. The van der Waals surface area contributed by atoms with Crippen molar-refractivity contribution in [3.05, 3.63) is 161 Å². The number of nitrogens with zero attached hydrogens (tertiary/aromatic N) is 5. The third-order valence-corrected chi connectivity index (χ3v) is 12.2. The first-order chi connectivity index (χ1) is 26.8. The second-order valence-electron chi connectivity index (χ2n) is 15.0. The summed E-state index contributed by atoms with van der Waals surface area (Å²) < 4.78 is 5.08. The SMILES string of the molecule is C1=CN=C(C2C=Cc3c(c4cc5c6c(c4n3-c3ccccc3)CCc3cc4c7cc(-c8ncccn8)ccc7n(-c7ccccc7)c4c(c3-6)CC5)C2)NC1. The fourth-order valence-corrected chi connectivity index (χ4v) is 9.98. The van der Waals surface area contributed by atoms with Crippen molar-refractivity contribution in [2.75, 3.05) is 6.54 Å². The maximum atomic E-state index is 4.76. The molecule has 4 heterocycles. The zero-order valence-electron chi connectivity index (χ0n) is 29.8. The van der Waals surface area contributed by atoms with E-state index in [1.165, 1.54) is 88.7 Å². The summed E-state index contributed by atoms with van der Waals surface area (Å²) in [4.78, 5) is 14.0. The van der Waals surface area contributed by atoms with Crippen LogP contribution in [0.25, 0.3) is 72.7 Å². The van der Waals surface area contributed by atoms with Crippen LogP contribution in [0, 0.1) is 5.92 Å². The third kappa shape index (κ3) is 4.25. The van der Waals surface area contributed by atoms with Crippen molar-refractivity contribution in [2.24, 2.45) is 10.9 Å². The quantitative estimate of drug-likeness (QED) is 0.199. The molecular weight excluding hydrogens is 661 g/mol. The van der Waals surface area contributed by atoms with Gasteiger partial charge in [0.2, 0.25) is 0 Å². The number of para-hydroxylation sites is 2. The van der Waals surface area contributed by atoms with Gasteiger partial charge in [0.05, 0.1) is 16.6 Å². The van der Waals surface area contributed by atoms with Crippen LogP contribution in [0.15, 0.2) is 133 Å². The molecule has 5 aromatic carbocycles. The van der Waals surface area contributed by atoms with E-state index < -0.39 is 0 Å². The van der Waals surface area contributed by atoms with Gasteiger partial charge >= 0.3 is 0 Å². The van der Waals surface area contributed by atoms with Crippen molar-refractivity contribution in [2.45, 2.75) is 32.1 Å². The minimum atomic E-state index is 0.235. The monoisotopic (exact) mass is 696 g/mol. The Kier molecular flexibility index (Phi) is 6.38. The predicted molar refractivity (Wildman–Crippen MR) is 220 cm³/mol. The summed E-state index contributed by atoms with van der Waals surface area (Å²) in [5.41, 5.74) is 19.0. The molecule has 0 saturated carbocycles. The topological polar surface area (TPSA) is 60.0 Å². The number of hydrogen-bond donors (Lipinski definition) is 1. The molecule has 3 aliphatic carbocycles. The van der Waals surface area contributed by atoms with E-state index in [4.69, 9.17) is 4.99 Å². The number of rotatable bonds is 4. The van der Waals surface area contributed by atoms with Gasteiger partial charge < -0.3 is 14.5 Å². The molecule has 1 atom stereocenters. The molecule has 0 radical (unpaired) electrons. The molecule has 0 saturated heterocycles. The Bertz CT molecular complexity index is 2950. The molecule has 0 fully saturated rings. The lowest BCUT2D eigenvalue weighted by Crippen LogP contribution is -2.33. The number of aliphatic imine (C=N–C) groups is 1. The Labute approximate surface area is 312 Å². The number of fused-ring (bicyclic) bond motifs is 8. The van der Waals surface area contributed by atoms with Crippen LogP contribution in [0.5, 0.6) is 0 Å². The molecule has 0 amide bonds. The standard InChI is InChI=1S/C48H36N6/c1-3-9-33(10-4-1)53-41-19-15-31(47-49-21-7-22-50-47)27-37(41)39-25-29-14-18-36-44-30(13-17-35(43(29)44)45(39)53)26-40-38-28-32(48-51-23-8-24-52-48)16-20-42(38)54(46(36)40)34-11-5-2-6-12-34/h1-12,15-16,19-23,25-27,32H,13-14,17-18,24,28H2,(H,51,52). The van der Waals surface area contributed by atoms with E-state index in [2.05, 4.69) is 134 Å². The Morgan fingerprint density at radius 1 is 0.630 bits per heavy atom. The molecule has 4 aliphatic rings. The minimum Gasteiger partial charge on any atom is -0.369 e. The molecule has 6 heteroatoms. The van der Waals surface area contributed by atoms with Gasteiger partial charge in [-0.05, 0) is 144 Å². The first kappa shape index (κ1) is 30.0. The predicted octanol–water partition coefficient (Wildman–Crippen LogP) is 9.75. The zero-order valence-corrected chi connectivity index (χ0v) is 29.8. The van der Waals surface area contributed by atoms with Crippen molar-refractivity contribution in [1.29, 1.82) is 0 Å². The van der Waals surface area contributed by atoms with Gasteiger partial charge in [-0.25, -0.2) is 15.0 Å². The highest BCUT2D eigenvalue weighted by Gasteiger charge is 2.34. The summed E-state index contributed by atoms with van der Waals surface area (Å²) in [7, 11) is 0. The van der Waals surface area contributed by atoms with Crippen LogP contribution in [0.2, 0.25) is 0 Å². The van der Waals surface area contributed by atoms with Crippen molar-refractivity contribution in [3.63, 3.8) is 0 Å². The smallest absolute Gasteiger partial charge is 0.159 e. The Morgan fingerprint density at radius 2 is 1.31 bits per heavy atom. The van der Waals surface area contributed by atoms with Gasteiger partial charge in [0.1, 0.15) is 5.84 Å². The van der Waals surface area contributed by atoms with Crippen molar-refractivity contribution in [3.8, 4) is 33.9 Å². The Morgan fingerprint density at radius 3 is 2.02 bits per heavy atom. The molecule has 0 bridgehead atoms. The molecule has 1 N–H and O–H groups in total. The minimum absolute atomic E-state index is 0.235. The number of aromatic nitrogens is 4. The molecule has 54 heavy (non-hydrogen) atoms. The summed E-state index contributed by atoms with van der Waals surface area (Å²) >= 11 is 0. The number of amidine groups is 1. The van der Waals surface area contributed by atoms with Crippen molar-refractivity contribution < 1.29 is 0 Å². The van der Waals surface area contributed by atoms with E-state index in [0.717, 1.165) is 55.9 Å². The van der Waals surface area contributed by atoms with Crippen molar-refractivity contribution in [1.82, 2.24) is 24.4 Å². The first-order valence-corrected chi connectivity index (χ1v) is 19.2. The maximum absolute atomic E-state index is 4.76. The molecule has 8 aromatic rings. The lowest BCUT2D eigenvalue weighted by atomic mass is 9.73. The molecule has 258 valence electrons. The lowest BCUT2D eigenvalue weighted by molar-refractivity contribution is 0.786. The third-order valence-electron chi connectivity index (χ3n) is 12.2. The van der Waals surface area contributed by atoms with Gasteiger partial charge in [-0.2, -0.15) is 0 Å². The highest BCUT2D eigenvalue weighted by molar-refractivity contribution is 6.14. The van der Waals surface area contributed by atoms with E-state index in [9.17, 15) is 0 Å². The van der Waals surface area contributed by atoms with E-state index in [1.807, 2.05) is 24.7 Å². The number of nitrogens with one attached hydrogen (secondary N) is 1. The first-order valence-electron chi connectivity index (χ1n) is 19.2. The van der Waals surface area contributed by atoms with Gasteiger partial charge in [0.25, 0.3) is 0 Å². The van der Waals surface area contributed by atoms with Crippen LogP contribution in [-0.4, -0.2) is 31.5 Å². The number of benzene rings is 5. The highest BCUT2D eigenvalue weighted by Crippen LogP contribution is 2.51. The van der Waals surface area contributed by atoms with Crippen LogP contribution < -0.4 is 5.32 Å². The van der Waals surface area contributed by atoms with Crippen LogP contribution in [0.1, 0.15) is 33.5 Å². The summed E-state index contributed by atoms with van der Waals surface area (Å²) in [6.45, 7) is 0.834. The van der Waals surface area contributed by atoms with Crippen molar-refractivity contribution >= 4 is 44.6 Å². The van der Waals surface area contributed by atoms with Crippen LogP contribution >= 0.6 is 0 Å². The summed E-state index contributed by atoms with van der Waals surface area (Å²) in [5.74, 6) is 2.06. The normalized spacial score (nSPS) is 16.7. The zero-order chi connectivity index (χ0) is 35.3. The molecule has 12 rings (SSSR count). The van der Waals surface area contributed by atoms with Crippen LogP contribution in [0.3, 0.4) is 0 Å². The summed E-state index contributed by atoms with van der Waals surface area (Å²) in [5, 5.41) is 7.53. The van der Waals surface area contributed by atoms with Crippen LogP contribution in [0.4, 0.5) is 0 Å². The lowest BCUT2D eigenvalue weighted by Gasteiger charge is -2.31. The van der Waals surface area contributed by atoms with Gasteiger partial charge in [-0.1, -0.05) is 42.5 Å². The summed E-state index contributed by atoms with van der Waals surface area (Å²) in [6, 6.07) is 35.6. The average Bonchev–Trinajstić information content (AvgIpc) is 3.75. The van der Waals surface area contributed by atoms with E-state index in [1.54, 1.807) is 0 Å². The molecule has 3 aromatic heterocycles. The molecule has 6 nitrogen and oxygen atoms in total. The van der Waals surface area contributed by atoms with E-state index in [-0.39, 0.29) is 5.92 Å². The van der Waals surface area contributed by atoms with Gasteiger partial charge in [-0.15, -0.1) is 0 Å². The van der Waals surface area contributed by atoms with Gasteiger partial charge in [0, 0.05) is 69.8 Å². The van der Waals surface area contributed by atoms with Crippen LogP contribution in [-0.2, 0) is 32.1 Å². The highest BCUT2D eigenvalue weighted by atomic mass is 15.0. The number of hydrogen-bond acceptors (Lipinski definition) is 4. The van der Waals surface area contributed by atoms with E-state index in [0.29, 0.717) is 0 Å². The maximum Gasteiger partial charge on any atom is 0.159 e. The van der Waals surface area contributed by atoms with Gasteiger partial charge in [0.15, 0.2) is 5.82 Å². The average molecular weight is 697 g/mol. The fraction of sp³-hybridized carbons (Fsp3) is 0.146. The second kappa shape index (κ2) is 11.5. The molecule has 1 aliphatic heterocycles. The van der Waals surface area contributed by atoms with E-state index >= 15 is 0 Å². The second-order valence-corrected chi connectivity index (χ2v) is 15.0. The van der Waals surface area contributed by atoms with Gasteiger partial charge in [-0.3, -0.25) is 0 Å². The Hall–Kier alpha value is -6.53. The molecule has 1 unspecified atom stereocenters. The fourth-order valence-electron chi connectivity index (χ4n) is 9.98. The Balaban J connectivity index is 1.14. The largest absolute Gasteiger partial charge is 0.369 e. The summed E-state index contributed by atoms with van der Waals surface area (Å²) in [6.07, 6.45) is 17.4. The number of aryl methyl sites for hydroxylation is 4.